The molecule has 1 fully saturated rings. The third kappa shape index (κ3) is 4.03. The van der Waals surface area contributed by atoms with Crippen molar-refractivity contribution in [2.45, 2.75) is 51.7 Å². The molecule has 0 bridgehead atoms. The fourth-order valence-electron chi connectivity index (χ4n) is 4.70. The van der Waals surface area contributed by atoms with E-state index in [9.17, 15) is 0 Å². The molecule has 0 saturated carbocycles. The van der Waals surface area contributed by atoms with Gasteiger partial charge in [-0.1, -0.05) is 6.07 Å². The van der Waals surface area contributed by atoms with Crippen molar-refractivity contribution in [2.75, 3.05) is 38.6 Å². The van der Waals surface area contributed by atoms with Gasteiger partial charge in [0.2, 0.25) is 0 Å². The highest BCUT2D eigenvalue weighted by molar-refractivity contribution is 5.42. The second kappa shape index (κ2) is 8.13. The zero-order chi connectivity index (χ0) is 19.7. The van der Waals surface area contributed by atoms with E-state index in [1.54, 1.807) is 0 Å². The average molecular weight is 381 g/mol. The van der Waals surface area contributed by atoms with Gasteiger partial charge < -0.3 is 9.80 Å². The Kier molecular flexibility index (Phi) is 5.60. The lowest BCUT2D eigenvalue weighted by Crippen LogP contribution is -2.51. The van der Waals surface area contributed by atoms with E-state index in [0.29, 0.717) is 12.1 Å². The van der Waals surface area contributed by atoms with Crippen molar-refractivity contribution < 1.29 is 0 Å². The van der Waals surface area contributed by atoms with Crippen LogP contribution in [-0.2, 0) is 13.0 Å². The number of pyridine rings is 1. The van der Waals surface area contributed by atoms with Crippen LogP contribution in [0.5, 0.6) is 0 Å². The summed E-state index contributed by atoms with van der Waals surface area (Å²) in [6, 6.07) is 7.30. The number of hydrogen-bond donors (Lipinski definition) is 0. The van der Waals surface area contributed by atoms with E-state index < -0.39 is 0 Å². The molecule has 2 atom stereocenters. The first-order valence-electron chi connectivity index (χ1n) is 10.4. The predicted octanol–water partition coefficient (Wildman–Crippen LogP) is 2.83. The summed E-state index contributed by atoms with van der Waals surface area (Å²) in [5.74, 6) is 1.92. The predicted molar refractivity (Wildman–Crippen MR) is 112 cm³/mol. The van der Waals surface area contributed by atoms with Gasteiger partial charge in [-0.15, -0.1) is 0 Å². The van der Waals surface area contributed by atoms with Gasteiger partial charge in [0.05, 0.1) is 17.4 Å². The summed E-state index contributed by atoms with van der Waals surface area (Å²) < 4.78 is 0. The molecule has 28 heavy (non-hydrogen) atoms. The molecule has 6 nitrogen and oxygen atoms in total. The molecule has 6 heteroatoms. The summed E-state index contributed by atoms with van der Waals surface area (Å²) in [4.78, 5) is 21.4. The number of hydrogen-bond acceptors (Lipinski definition) is 6. The summed E-state index contributed by atoms with van der Waals surface area (Å²) in [5.41, 5.74) is 3.74. The van der Waals surface area contributed by atoms with Crippen molar-refractivity contribution >= 4 is 5.82 Å². The summed E-state index contributed by atoms with van der Waals surface area (Å²) in [7, 11) is 4.39. The fourth-order valence-corrected chi connectivity index (χ4v) is 4.70. The zero-order valence-corrected chi connectivity index (χ0v) is 17.6. The van der Waals surface area contributed by atoms with Gasteiger partial charge in [-0.25, -0.2) is 9.97 Å². The highest BCUT2D eigenvalue weighted by atomic mass is 15.3. The fraction of sp³-hybridized carbons (Fsp3) is 0.591. The Bertz CT molecular complexity index is 822. The molecule has 0 aromatic carbocycles. The van der Waals surface area contributed by atoms with Crippen LogP contribution in [0, 0.1) is 6.92 Å². The lowest BCUT2D eigenvalue weighted by molar-refractivity contribution is 0.206. The van der Waals surface area contributed by atoms with Crippen molar-refractivity contribution in [1.29, 1.82) is 0 Å². The van der Waals surface area contributed by atoms with E-state index in [-0.39, 0.29) is 0 Å². The lowest BCUT2D eigenvalue weighted by Gasteiger charge is -2.39. The second-order valence-corrected chi connectivity index (χ2v) is 8.44. The van der Waals surface area contributed by atoms with Crippen molar-refractivity contribution in [3.8, 4) is 0 Å². The normalized spacial score (nSPS) is 23.1. The molecule has 150 valence electrons. The van der Waals surface area contributed by atoms with E-state index in [4.69, 9.17) is 15.0 Å². The van der Waals surface area contributed by atoms with Gasteiger partial charge in [0.25, 0.3) is 0 Å². The van der Waals surface area contributed by atoms with Crippen LogP contribution in [-0.4, -0.2) is 64.5 Å². The first-order valence-corrected chi connectivity index (χ1v) is 10.4. The molecule has 2 aromatic rings. The van der Waals surface area contributed by atoms with Crippen LogP contribution in [0.15, 0.2) is 24.4 Å². The zero-order valence-electron chi connectivity index (χ0n) is 17.6. The highest BCUT2D eigenvalue weighted by Gasteiger charge is 2.26. The monoisotopic (exact) mass is 380 g/mol. The van der Waals surface area contributed by atoms with E-state index >= 15 is 0 Å². The van der Waals surface area contributed by atoms with Gasteiger partial charge in [-0.3, -0.25) is 9.88 Å². The first-order chi connectivity index (χ1) is 13.5. The van der Waals surface area contributed by atoms with Crippen molar-refractivity contribution in [3.63, 3.8) is 0 Å². The van der Waals surface area contributed by atoms with Crippen molar-refractivity contribution in [1.82, 2.24) is 24.8 Å². The Morgan fingerprint density at radius 3 is 2.93 bits per heavy atom. The Morgan fingerprint density at radius 1 is 1.25 bits per heavy atom. The van der Waals surface area contributed by atoms with Gasteiger partial charge in [-0.05, 0) is 58.8 Å². The molecule has 1 aliphatic heterocycles. The Morgan fingerprint density at radius 2 is 2.11 bits per heavy atom. The van der Waals surface area contributed by atoms with Crippen LogP contribution in [0.25, 0.3) is 0 Å². The largest absolute Gasteiger partial charge is 0.351 e. The molecule has 0 radical (unpaired) electrons. The number of rotatable bonds is 4. The Hall–Kier alpha value is -2.05. The number of piperazine rings is 1. The van der Waals surface area contributed by atoms with Crippen LogP contribution in [0.4, 0.5) is 5.82 Å². The van der Waals surface area contributed by atoms with Crippen molar-refractivity contribution in [3.05, 3.63) is 47.2 Å². The van der Waals surface area contributed by atoms with E-state index in [2.05, 4.69) is 53.9 Å². The smallest absolute Gasteiger partial charge is 0.132 e. The molecular formula is C22H32N6. The molecule has 0 spiro atoms. The maximum absolute atomic E-state index is 4.75. The minimum absolute atomic E-state index is 0.367. The molecule has 0 N–H and O–H groups in total. The van der Waals surface area contributed by atoms with Crippen LogP contribution >= 0.6 is 0 Å². The summed E-state index contributed by atoms with van der Waals surface area (Å²) in [6.45, 7) is 8.27. The Balaban J connectivity index is 1.53. The third-order valence-electron chi connectivity index (χ3n) is 6.11. The summed E-state index contributed by atoms with van der Waals surface area (Å²) >= 11 is 0. The van der Waals surface area contributed by atoms with Gasteiger partial charge in [0.15, 0.2) is 0 Å². The van der Waals surface area contributed by atoms with Crippen LogP contribution in [0.3, 0.4) is 0 Å². The molecule has 1 saturated heterocycles. The highest BCUT2D eigenvalue weighted by Crippen LogP contribution is 2.32. The van der Waals surface area contributed by atoms with Crippen LogP contribution in [0.2, 0.25) is 0 Å². The molecule has 4 rings (SSSR count). The van der Waals surface area contributed by atoms with E-state index in [0.717, 1.165) is 56.4 Å². The maximum atomic E-state index is 4.75. The molecule has 2 aliphatic rings. The minimum atomic E-state index is 0.367. The molecule has 3 heterocycles. The van der Waals surface area contributed by atoms with E-state index in [1.165, 1.54) is 17.7 Å². The maximum Gasteiger partial charge on any atom is 0.132 e. The summed E-state index contributed by atoms with van der Waals surface area (Å²) in [6.07, 6.45) is 5.45. The van der Waals surface area contributed by atoms with Gasteiger partial charge >= 0.3 is 0 Å². The van der Waals surface area contributed by atoms with Gasteiger partial charge in [0, 0.05) is 44.5 Å². The van der Waals surface area contributed by atoms with Gasteiger partial charge in [0.1, 0.15) is 11.6 Å². The first kappa shape index (κ1) is 19.3. The molecule has 0 amide bonds. The number of anilines is 1. The number of aromatic nitrogens is 3. The SMILES string of the molecule is Cc1nc(CN(C)[C@H]2CCCc3cccnc32)cc(N2CCN(C)C[C@H]2C)n1. The Labute approximate surface area is 168 Å². The minimum Gasteiger partial charge on any atom is -0.351 e. The third-order valence-corrected chi connectivity index (χ3v) is 6.11. The molecule has 1 aliphatic carbocycles. The standard InChI is InChI=1S/C22H32N6/c1-16-14-26(3)11-12-28(16)21-13-19(24-17(2)25-21)15-27(4)20-9-5-7-18-8-6-10-23-22(18)20/h6,8,10,13,16,20H,5,7,9,11-12,14-15H2,1-4H3/t16-,20+/m1/s1. The van der Waals surface area contributed by atoms with Crippen molar-refractivity contribution in [2.24, 2.45) is 0 Å². The number of fused-ring (bicyclic) bond motifs is 1. The topological polar surface area (TPSA) is 48.4 Å². The van der Waals surface area contributed by atoms with Gasteiger partial charge in [-0.2, -0.15) is 0 Å². The van der Waals surface area contributed by atoms with Crippen LogP contribution < -0.4 is 4.90 Å². The lowest BCUT2D eigenvalue weighted by atomic mass is 9.91. The molecule has 0 unspecified atom stereocenters. The number of likely N-dealkylation sites (N-methyl/N-ethyl adjacent to an activating group) is 1. The van der Waals surface area contributed by atoms with Crippen LogP contribution in [0.1, 0.15) is 48.6 Å². The van der Waals surface area contributed by atoms with E-state index in [1.807, 2.05) is 13.1 Å². The average Bonchev–Trinajstić information content (AvgIpc) is 2.67. The molecular weight excluding hydrogens is 348 g/mol. The second-order valence-electron chi connectivity index (χ2n) is 8.44. The quantitative estimate of drug-likeness (QED) is 0.813. The number of nitrogens with zero attached hydrogens (tertiary/aromatic N) is 6. The molecule has 2 aromatic heterocycles. The summed E-state index contributed by atoms with van der Waals surface area (Å²) in [5, 5.41) is 0. The number of aryl methyl sites for hydroxylation is 2.